The van der Waals surface area contributed by atoms with E-state index in [1.54, 1.807) is 5.57 Å². The fraction of sp³-hybridized carbons (Fsp3) is 0.933. The van der Waals surface area contributed by atoms with Gasteiger partial charge in [-0.25, -0.2) is 0 Å². The summed E-state index contributed by atoms with van der Waals surface area (Å²) >= 11 is 0. The van der Waals surface area contributed by atoms with E-state index in [9.17, 15) is 0 Å². The Hall–Kier alpha value is -0.260. The standard InChI is InChI=1S/C30H50/c1-20(2)22-12-13-24-27(22,5)16-18-30(8)25-14-15-26(4)21(3)10-9-11-23(26)28(25,6)17-19-29(24,30)7/h10,20,22-25H,9,11-19H2,1-8H3/t22-,23?,24?,25?,26-,27-,28+,29+,30-/m1/s1. The number of hydrogen-bond donors (Lipinski definition) is 0. The minimum absolute atomic E-state index is 0.479. The molecule has 0 aromatic heterocycles. The van der Waals surface area contributed by atoms with Crippen LogP contribution in [0.3, 0.4) is 0 Å². The summed E-state index contributed by atoms with van der Waals surface area (Å²) in [5.41, 5.74) is 4.47. The van der Waals surface area contributed by atoms with E-state index in [4.69, 9.17) is 0 Å². The quantitative estimate of drug-likeness (QED) is 0.378. The smallest absolute Gasteiger partial charge is 0.00854 e. The molecule has 0 aromatic rings. The fourth-order valence-corrected chi connectivity index (χ4v) is 11.7. The summed E-state index contributed by atoms with van der Waals surface area (Å²) in [5, 5.41) is 0. The molecule has 0 aliphatic heterocycles. The van der Waals surface area contributed by atoms with E-state index in [1.807, 2.05) is 0 Å². The first kappa shape index (κ1) is 21.6. The van der Waals surface area contributed by atoms with Gasteiger partial charge in [-0.2, -0.15) is 0 Å². The number of allylic oxidation sites excluding steroid dienone is 2. The SMILES string of the molecule is CC1=CCCC2[C@]3(C)CC[C@@]4(C)C5CC[C@H](C(C)C)[C@@]5(C)CC[C@]4(C)C3CC[C@]12C. The molecule has 0 heterocycles. The molecule has 0 N–H and O–H groups in total. The van der Waals surface area contributed by atoms with Gasteiger partial charge < -0.3 is 0 Å². The molecule has 0 amide bonds. The van der Waals surface area contributed by atoms with Crippen molar-refractivity contribution in [1.82, 2.24) is 0 Å². The van der Waals surface area contributed by atoms with Gasteiger partial charge in [0.1, 0.15) is 0 Å². The van der Waals surface area contributed by atoms with Crippen molar-refractivity contribution in [2.24, 2.45) is 56.7 Å². The van der Waals surface area contributed by atoms with E-state index in [-0.39, 0.29) is 0 Å². The van der Waals surface area contributed by atoms with Gasteiger partial charge in [0.05, 0.1) is 0 Å². The summed E-state index contributed by atoms with van der Waals surface area (Å²) in [7, 11) is 0. The normalized spacial score (nSPS) is 57.8. The molecule has 0 heteroatoms. The molecule has 30 heavy (non-hydrogen) atoms. The lowest BCUT2D eigenvalue weighted by molar-refractivity contribution is -0.235. The van der Waals surface area contributed by atoms with Crippen molar-refractivity contribution >= 4 is 0 Å². The van der Waals surface area contributed by atoms with E-state index in [0.717, 1.165) is 29.6 Å². The molecule has 0 bridgehead atoms. The summed E-state index contributed by atoms with van der Waals surface area (Å²) in [5.74, 6) is 4.62. The maximum absolute atomic E-state index is 2.80. The van der Waals surface area contributed by atoms with Crippen LogP contribution in [0.15, 0.2) is 11.6 Å². The van der Waals surface area contributed by atoms with E-state index in [2.05, 4.69) is 61.5 Å². The Labute approximate surface area is 188 Å². The minimum Gasteiger partial charge on any atom is -0.0850 e. The van der Waals surface area contributed by atoms with Crippen LogP contribution in [0.25, 0.3) is 0 Å². The van der Waals surface area contributed by atoms with Gasteiger partial charge in [0.15, 0.2) is 0 Å². The Morgan fingerprint density at radius 2 is 1.30 bits per heavy atom. The average Bonchev–Trinajstić information content (AvgIpc) is 3.04. The third kappa shape index (κ3) is 2.36. The first-order chi connectivity index (χ1) is 13.9. The molecule has 3 unspecified atom stereocenters. The van der Waals surface area contributed by atoms with Crippen molar-refractivity contribution in [3.63, 3.8) is 0 Å². The molecular weight excluding hydrogens is 360 g/mol. The van der Waals surface area contributed by atoms with Crippen molar-refractivity contribution in [2.75, 3.05) is 0 Å². The first-order valence-corrected chi connectivity index (χ1v) is 13.6. The van der Waals surface area contributed by atoms with Crippen molar-refractivity contribution in [3.8, 4) is 0 Å². The van der Waals surface area contributed by atoms with Gasteiger partial charge in [0.2, 0.25) is 0 Å². The highest BCUT2D eigenvalue weighted by Gasteiger charge is 2.71. The number of hydrogen-bond acceptors (Lipinski definition) is 0. The van der Waals surface area contributed by atoms with Crippen LogP contribution < -0.4 is 0 Å². The van der Waals surface area contributed by atoms with Crippen molar-refractivity contribution in [2.45, 2.75) is 120 Å². The third-order valence-corrected chi connectivity index (χ3v) is 13.5. The molecule has 0 nitrogen and oxygen atoms in total. The third-order valence-electron chi connectivity index (χ3n) is 13.5. The molecule has 5 aliphatic rings. The average molecular weight is 411 g/mol. The molecule has 4 saturated carbocycles. The van der Waals surface area contributed by atoms with Crippen LogP contribution in [0, 0.1) is 56.7 Å². The molecule has 0 aromatic carbocycles. The Morgan fingerprint density at radius 3 is 1.93 bits per heavy atom. The van der Waals surface area contributed by atoms with Gasteiger partial charge in [-0.3, -0.25) is 0 Å². The summed E-state index contributed by atoms with van der Waals surface area (Å²) < 4.78 is 0. The van der Waals surface area contributed by atoms with Crippen LogP contribution >= 0.6 is 0 Å². The van der Waals surface area contributed by atoms with Crippen LogP contribution in [0.4, 0.5) is 0 Å². The largest absolute Gasteiger partial charge is 0.0850 e. The Kier molecular flexibility index (Phi) is 4.61. The lowest BCUT2D eigenvalue weighted by Gasteiger charge is -2.73. The molecule has 170 valence electrons. The molecule has 0 radical (unpaired) electrons. The zero-order valence-electron chi connectivity index (χ0n) is 21.5. The molecule has 0 saturated heterocycles. The van der Waals surface area contributed by atoms with Crippen LogP contribution in [0.2, 0.25) is 0 Å². The van der Waals surface area contributed by atoms with Crippen LogP contribution in [-0.2, 0) is 0 Å². The van der Waals surface area contributed by atoms with Gasteiger partial charge in [-0.1, -0.05) is 60.1 Å². The van der Waals surface area contributed by atoms with Crippen molar-refractivity contribution in [1.29, 1.82) is 0 Å². The fourth-order valence-electron chi connectivity index (χ4n) is 11.7. The maximum atomic E-state index is 2.80. The molecular formula is C30H50. The predicted octanol–water partition coefficient (Wildman–Crippen LogP) is 9.05. The monoisotopic (exact) mass is 410 g/mol. The molecule has 5 aliphatic carbocycles. The zero-order chi connectivity index (χ0) is 21.7. The Bertz CT molecular complexity index is 745. The van der Waals surface area contributed by atoms with Crippen LogP contribution in [0.5, 0.6) is 0 Å². The molecule has 4 fully saturated rings. The van der Waals surface area contributed by atoms with E-state index < -0.39 is 0 Å². The summed E-state index contributed by atoms with van der Waals surface area (Å²) in [4.78, 5) is 0. The van der Waals surface area contributed by atoms with Gasteiger partial charge in [-0.05, 0) is 128 Å². The second-order valence-corrected chi connectivity index (χ2v) is 14.4. The molecule has 9 atom stereocenters. The van der Waals surface area contributed by atoms with E-state index in [0.29, 0.717) is 27.1 Å². The molecule has 0 spiro atoms. The van der Waals surface area contributed by atoms with E-state index >= 15 is 0 Å². The van der Waals surface area contributed by atoms with Gasteiger partial charge in [-0.15, -0.1) is 0 Å². The van der Waals surface area contributed by atoms with E-state index in [1.165, 1.54) is 64.2 Å². The maximum Gasteiger partial charge on any atom is -0.00854 e. The Morgan fingerprint density at radius 1 is 0.700 bits per heavy atom. The molecule has 5 rings (SSSR count). The zero-order valence-corrected chi connectivity index (χ0v) is 21.5. The highest BCUT2D eigenvalue weighted by molar-refractivity contribution is 5.25. The number of rotatable bonds is 1. The lowest BCUT2D eigenvalue weighted by Crippen LogP contribution is -2.65. The predicted molar refractivity (Wildman–Crippen MR) is 129 cm³/mol. The van der Waals surface area contributed by atoms with Crippen LogP contribution in [0.1, 0.15) is 120 Å². The lowest BCUT2D eigenvalue weighted by atomic mass is 9.32. The number of fused-ring (bicyclic) bond motifs is 7. The highest BCUT2D eigenvalue weighted by Crippen LogP contribution is 2.78. The highest BCUT2D eigenvalue weighted by atomic mass is 14.7. The van der Waals surface area contributed by atoms with Crippen LogP contribution in [-0.4, -0.2) is 0 Å². The minimum atomic E-state index is 0.479. The van der Waals surface area contributed by atoms with Gasteiger partial charge >= 0.3 is 0 Å². The summed E-state index contributed by atoms with van der Waals surface area (Å²) in [6.07, 6.45) is 17.3. The summed E-state index contributed by atoms with van der Waals surface area (Å²) in [6.45, 7) is 21.2. The Balaban J connectivity index is 1.54. The second kappa shape index (κ2) is 6.41. The topological polar surface area (TPSA) is 0 Å². The van der Waals surface area contributed by atoms with Crippen molar-refractivity contribution < 1.29 is 0 Å². The van der Waals surface area contributed by atoms with Gasteiger partial charge in [0.25, 0.3) is 0 Å². The van der Waals surface area contributed by atoms with Gasteiger partial charge in [0, 0.05) is 0 Å². The van der Waals surface area contributed by atoms with Crippen molar-refractivity contribution in [3.05, 3.63) is 11.6 Å². The second-order valence-electron chi connectivity index (χ2n) is 14.4. The first-order valence-electron chi connectivity index (χ1n) is 13.6. The summed E-state index contributed by atoms with van der Waals surface area (Å²) in [6, 6.07) is 0.